The summed E-state index contributed by atoms with van der Waals surface area (Å²) in [5, 5.41) is 169. The average molecular weight is 885 g/mol. The molecule has 4 saturated heterocycles. The number of ether oxygens (including phenoxy) is 6. The minimum Gasteiger partial charge on any atom is -0.410 e. The molecule has 0 spiro atoms. The van der Waals surface area contributed by atoms with Crippen LogP contribution >= 0.6 is 23.5 Å². The minimum absolute atomic E-state index is 0.115. The smallest absolute Gasteiger partial charge is 0.187 e. The summed E-state index contributed by atoms with van der Waals surface area (Å²) in [4.78, 5) is 0. The Morgan fingerprint density at radius 2 is 0.759 bits per heavy atom. The van der Waals surface area contributed by atoms with Crippen molar-refractivity contribution in [2.24, 2.45) is 10.3 Å². The molecule has 0 radical (unpaired) electrons. The van der Waals surface area contributed by atoms with Crippen molar-refractivity contribution in [3.63, 3.8) is 0 Å². The van der Waals surface area contributed by atoms with Gasteiger partial charge in [-0.1, -0.05) is 46.7 Å². The van der Waals surface area contributed by atoms with Crippen molar-refractivity contribution >= 4 is 33.6 Å². The van der Waals surface area contributed by atoms with E-state index in [0.29, 0.717) is 25.7 Å². The van der Waals surface area contributed by atoms with Crippen LogP contribution in [-0.4, -0.2) is 240 Å². The Balaban J connectivity index is 1.20. The van der Waals surface area contributed by atoms with Gasteiger partial charge in [0.1, 0.15) is 119 Å². The van der Waals surface area contributed by atoms with E-state index in [-0.39, 0.29) is 22.9 Å². The fraction of sp³-hybridized carbons (Fsp3) is 0.938. The lowest BCUT2D eigenvalue weighted by Crippen LogP contribution is -2.64. The van der Waals surface area contributed by atoms with Crippen LogP contribution in [0.5, 0.6) is 0 Å². The molecule has 4 aliphatic rings. The molecule has 0 unspecified atom stereocenters. The molecule has 26 heteroatoms. The number of nitrogens with zero attached hydrogens (tertiary/aromatic N) is 2. The summed E-state index contributed by atoms with van der Waals surface area (Å²) in [5.41, 5.74) is -2.49. The maximum Gasteiger partial charge on any atom is 0.187 e. The van der Waals surface area contributed by atoms with Gasteiger partial charge in [0.05, 0.1) is 26.4 Å². The molecule has 338 valence electrons. The molecule has 24 nitrogen and oxygen atoms in total. The summed E-state index contributed by atoms with van der Waals surface area (Å²) in [6, 6.07) is 0. The van der Waals surface area contributed by atoms with Crippen molar-refractivity contribution < 1.29 is 110 Å². The number of unbranched alkanes of at least 4 members (excludes halogenated alkanes) is 3. The highest BCUT2D eigenvalue weighted by Gasteiger charge is 2.52. The quantitative estimate of drug-likeness (QED) is 0.0212. The van der Waals surface area contributed by atoms with Crippen LogP contribution in [0.3, 0.4) is 0 Å². The normalized spacial score (nSPS) is 44.4. The topological polar surface area (TPSA) is 404 Å². The van der Waals surface area contributed by atoms with E-state index >= 15 is 0 Å². The van der Waals surface area contributed by atoms with Crippen molar-refractivity contribution in [1.29, 1.82) is 0 Å². The maximum atomic E-state index is 10.9. The zero-order chi connectivity index (χ0) is 42.8. The fourth-order valence-corrected chi connectivity index (χ4v) is 8.90. The van der Waals surface area contributed by atoms with E-state index in [1.165, 1.54) is 0 Å². The number of rotatable bonds is 17. The Kier molecular flexibility index (Phi) is 19.9. The molecule has 4 fully saturated rings. The van der Waals surface area contributed by atoms with E-state index in [2.05, 4.69) is 10.3 Å². The third-order valence-corrected chi connectivity index (χ3v) is 12.5. The molecule has 20 atom stereocenters. The molecule has 16 N–H and O–H groups in total. The molecule has 0 aliphatic carbocycles. The second-order valence-corrected chi connectivity index (χ2v) is 16.5. The highest BCUT2D eigenvalue weighted by atomic mass is 32.2. The Bertz CT molecular complexity index is 1200. The summed E-state index contributed by atoms with van der Waals surface area (Å²) >= 11 is 1.56. The van der Waals surface area contributed by atoms with Crippen LogP contribution < -0.4 is 0 Å². The van der Waals surface area contributed by atoms with Gasteiger partial charge in [0.15, 0.2) is 12.6 Å². The van der Waals surface area contributed by atoms with Gasteiger partial charge in [-0.25, -0.2) is 0 Å². The lowest BCUT2D eigenvalue weighted by molar-refractivity contribution is -0.338. The molecule has 4 heterocycles. The van der Waals surface area contributed by atoms with Crippen molar-refractivity contribution in [2.45, 2.75) is 160 Å². The lowest BCUT2D eigenvalue weighted by atomic mass is 9.97. The van der Waals surface area contributed by atoms with Gasteiger partial charge in [-0.3, -0.25) is 0 Å². The van der Waals surface area contributed by atoms with Crippen LogP contribution in [0.25, 0.3) is 0 Å². The molecule has 0 aromatic heterocycles. The summed E-state index contributed by atoms with van der Waals surface area (Å²) in [6.07, 6.45) is -26.5. The van der Waals surface area contributed by atoms with Crippen LogP contribution in [0.2, 0.25) is 0 Å². The molecule has 0 aromatic rings. The van der Waals surface area contributed by atoms with E-state index in [4.69, 9.17) is 28.4 Å². The number of hydrogen-bond acceptors (Lipinski definition) is 26. The molecule has 0 bridgehead atoms. The second-order valence-electron chi connectivity index (χ2n) is 14.1. The average Bonchev–Trinajstić information content (AvgIpc) is 3.22. The molecule has 4 aliphatic heterocycles. The van der Waals surface area contributed by atoms with Gasteiger partial charge < -0.3 is 110 Å². The zero-order valence-corrected chi connectivity index (χ0v) is 32.6. The molecule has 58 heavy (non-hydrogen) atoms. The number of oxime groups is 2. The fourth-order valence-electron chi connectivity index (χ4n) is 6.74. The second kappa shape index (κ2) is 23.3. The van der Waals surface area contributed by atoms with E-state index < -0.39 is 148 Å². The van der Waals surface area contributed by atoms with Crippen LogP contribution in [0.15, 0.2) is 10.3 Å². The van der Waals surface area contributed by atoms with E-state index in [1.54, 1.807) is 0 Å². The van der Waals surface area contributed by atoms with Crippen molar-refractivity contribution in [3.05, 3.63) is 0 Å². The SMILES string of the molecule is OC[C@H]1O[C@H](O[C@H]2[C@H](O)[C@@H](O)[C@H](S/C(CCCCCC/C(=N/O)S[C@@H]3O[C@H](CO)[C@@H](O[C@H]4O[C@H](CO)[C@@H](O)[C@H](O)[C@H]4O)[C@H](O)[C@H]3O)=N\O)O[C@@H]2CO)[C@H](O)[C@@H](O)[C@@H]1O. The third kappa shape index (κ3) is 11.8. The van der Waals surface area contributed by atoms with Crippen LogP contribution in [0.1, 0.15) is 38.5 Å². The van der Waals surface area contributed by atoms with Gasteiger partial charge in [0.2, 0.25) is 0 Å². The van der Waals surface area contributed by atoms with Gasteiger partial charge >= 0.3 is 0 Å². The van der Waals surface area contributed by atoms with Gasteiger partial charge in [-0.2, -0.15) is 0 Å². The molecular formula is C32H56N2O22S2. The highest BCUT2D eigenvalue weighted by molar-refractivity contribution is 8.14. The number of thioether (sulfide) groups is 2. The van der Waals surface area contributed by atoms with Crippen LogP contribution in [0.4, 0.5) is 0 Å². The zero-order valence-electron chi connectivity index (χ0n) is 30.9. The first-order valence-electron chi connectivity index (χ1n) is 18.6. The standard InChI is InChI=1S/C32H56N2O22S2/c35-7-11-17(39)19(41)23(45)29(51-11)55-27-13(9-37)53-31(25(47)21(27)43)57-15(33-49)5-3-1-2-4-6-16(34-50)58-32-26(48)22(44)28(14(10-38)54-32)56-30-24(46)20(42)18(40)12(8-36)52-30/h11-14,17-32,35-50H,1-10H2/b33-15-,34-16-/t11-,12-,13-,14-,17-,18-,19+,20+,21-,22-,23-,24-,25-,26-,27-,28-,29-,30-,31+,32+/m1/s1. The predicted molar refractivity (Wildman–Crippen MR) is 194 cm³/mol. The van der Waals surface area contributed by atoms with Gasteiger partial charge in [0.25, 0.3) is 0 Å². The van der Waals surface area contributed by atoms with Crippen molar-refractivity contribution in [2.75, 3.05) is 26.4 Å². The number of hydrogen-bond donors (Lipinski definition) is 16. The monoisotopic (exact) mass is 884 g/mol. The summed E-state index contributed by atoms with van der Waals surface area (Å²) in [7, 11) is 0. The molecule has 0 aromatic carbocycles. The number of aliphatic hydroxyl groups is 14. The van der Waals surface area contributed by atoms with Crippen LogP contribution in [-0.2, 0) is 28.4 Å². The van der Waals surface area contributed by atoms with Gasteiger partial charge in [-0.05, 0) is 25.7 Å². The van der Waals surface area contributed by atoms with Crippen molar-refractivity contribution in [1.82, 2.24) is 0 Å². The largest absolute Gasteiger partial charge is 0.410 e. The van der Waals surface area contributed by atoms with Crippen molar-refractivity contribution in [3.8, 4) is 0 Å². The summed E-state index contributed by atoms with van der Waals surface area (Å²) in [6.45, 7) is -2.94. The summed E-state index contributed by atoms with van der Waals surface area (Å²) < 4.78 is 33.1. The maximum absolute atomic E-state index is 10.9. The van der Waals surface area contributed by atoms with E-state index in [0.717, 1.165) is 23.5 Å². The molecule has 4 rings (SSSR count). The third-order valence-electron chi connectivity index (χ3n) is 10.2. The first-order valence-corrected chi connectivity index (χ1v) is 20.3. The summed E-state index contributed by atoms with van der Waals surface area (Å²) in [5.74, 6) is 0. The Morgan fingerprint density at radius 3 is 1.07 bits per heavy atom. The Morgan fingerprint density at radius 1 is 0.414 bits per heavy atom. The Labute approximate surface area is 339 Å². The predicted octanol–water partition coefficient (Wildman–Crippen LogP) is -6.38. The molecule has 0 amide bonds. The molecule has 0 saturated carbocycles. The molecular weight excluding hydrogens is 828 g/mol. The van der Waals surface area contributed by atoms with E-state index in [9.17, 15) is 81.9 Å². The highest BCUT2D eigenvalue weighted by Crippen LogP contribution is 2.36. The van der Waals surface area contributed by atoms with E-state index in [1.807, 2.05) is 0 Å². The van der Waals surface area contributed by atoms with Gasteiger partial charge in [-0.15, -0.1) is 0 Å². The first-order chi connectivity index (χ1) is 27.6. The minimum atomic E-state index is -1.82. The van der Waals surface area contributed by atoms with Gasteiger partial charge in [0, 0.05) is 0 Å². The number of aliphatic hydroxyl groups excluding tert-OH is 14. The van der Waals surface area contributed by atoms with Crippen LogP contribution in [0, 0.1) is 0 Å². The lowest BCUT2D eigenvalue weighted by Gasteiger charge is -2.46. The first kappa shape index (κ1) is 49.5. The Hall–Kier alpha value is -1.16.